The zero-order valence-corrected chi connectivity index (χ0v) is 10.9. The molecule has 0 spiro atoms. The molecular formula is C15H23NO. The van der Waals surface area contributed by atoms with Gasteiger partial charge in [0.15, 0.2) is 0 Å². The molecule has 0 radical (unpaired) electrons. The first-order chi connectivity index (χ1) is 8.22. The van der Waals surface area contributed by atoms with Crippen molar-refractivity contribution in [2.24, 2.45) is 0 Å². The van der Waals surface area contributed by atoms with Gasteiger partial charge in [-0.3, -0.25) is 4.79 Å². The molecule has 1 atom stereocenters. The maximum Gasteiger partial charge on any atom is 0.220 e. The smallest absolute Gasteiger partial charge is 0.220 e. The summed E-state index contributed by atoms with van der Waals surface area (Å²) >= 11 is 0. The second-order valence-electron chi connectivity index (χ2n) is 4.60. The molecular weight excluding hydrogens is 210 g/mol. The van der Waals surface area contributed by atoms with E-state index in [0.717, 1.165) is 25.7 Å². The Labute approximate surface area is 104 Å². The summed E-state index contributed by atoms with van der Waals surface area (Å²) in [6.07, 6.45) is 4.71. The Morgan fingerprint density at radius 3 is 2.65 bits per heavy atom. The molecule has 1 aromatic rings. The molecule has 0 saturated carbocycles. The summed E-state index contributed by atoms with van der Waals surface area (Å²) < 4.78 is 0. The summed E-state index contributed by atoms with van der Waals surface area (Å²) in [5, 5.41) is 3.03. The fourth-order valence-corrected chi connectivity index (χ4v) is 1.95. The van der Waals surface area contributed by atoms with E-state index in [-0.39, 0.29) is 5.91 Å². The van der Waals surface area contributed by atoms with Crippen LogP contribution in [0.5, 0.6) is 0 Å². The molecule has 17 heavy (non-hydrogen) atoms. The highest BCUT2D eigenvalue weighted by Gasteiger charge is 2.05. The molecule has 0 unspecified atom stereocenters. The van der Waals surface area contributed by atoms with Crippen LogP contribution in [-0.2, 0) is 11.2 Å². The third kappa shape index (κ3) is 6.10. The number of carbonyl (C=O) groups is 1. The molecule has 0 bridgehead atoms. The predicted octanol–water partition coefficient (Wildman–Crippen LogP) is 3.31. The summed E-state index contributed by atoms with van der Waals surface area (Å²) in [7, 11) is 0. The van der Waals surface area contributed by atoms with Crippen molar-refractivity contribution in [2.45, 2.75) is 52.0 Å². The number of aryl methyl sites for hydroxylation is 1. The Morgan fingerprint density at radius 1 is 1.29 bits per heavy atom. The van der Waals surface area contributed by atoms with Gasteiger partial charge in [-0.15, -0.1) is 0 Å². The first-order valence-electron chi connectivity index (χ1n) is 6.55. The van der Waals surface area contributed by atoms with Gasteiger partial charge in [0.1, 0.15) is 0 Å². The minimum absolute atomic E-state index is 0.182. The van der Waals surface area contributed by atoms with Gasteiger partial charge in [0, 0.05) is 12.5 Å². The van der Waals surface area contributed by atoms with Gasteiger partial charge in [0.25, 0.3) is 0 Å². The molecule has 1 N–H and O–H groups in total. The van der Waals surface area contributed by atoms with Crippen LogP contribution in [0.2, 0.25) is 0 Å². The number of benzene rings is 1. The number of amides is 1. The highest BCUT2D eigenvalue weighted by molar-refractivity contribution is 5.76. The molecule has 1 amide bonds. The lowest BCUT2D eigenvalue weighted by Gasteiger charge is -2.12. The van der Waals surface area contributed by atoms with Gasteiger partial charge in [-0.1, -0.05) is 43.7 Å². The molecule has 0 aliphatic heterocycles. The molecule has 2 nitrogen and oxygen atoms in total. The molecule has 0 saturated heterocycles. The molecule has 1 aromatic carbocycles. The Hall–Kier alpha value is -1.31. The van der Waals surface area contributed by atoms with Crippen LogP contribution in [-0.4, -0.2) is 11.9 Å². The van der Waals surface area contributed by atoms with Crippen molar-refractivity contribution in [3.8, 4) is 0 Å². The number of carbonyl (C=O) groups excluding carboxylic acids is 1. The SMILES string of the molecule is CCC[C@@H](C)NC(=O)CCCc1ccccc1. The fraction of sp³-hybridized carbons (Fsp3) is 0.533. The van der Waals surface area contributed by atoms with Crippen LogP contribution >= 0.6 is 0 Å². The largest absolute Gasteiger partial charge is 0.354 e. The van der Waals surface area contributed by atoms with Gasteiger partial charge in [-0.05, 0) is 31.7 Å². The Bertz CT molecular complexity index is 321. The molecule has 0 fully saturated rings. The van der Waals surface area contributed by atoms with E-state index in [9.17, 15) is 4.79 Å². The number of nitrogens with one attached hydrogen (secondary N) is 1. The molecule has 0 heterocycles. The molecule has 0 aliphatic carbocycles. The lowest BCUT2D eigenvalue weighted by molar-refractivity contribution is -0.121. The third-order valence-electron chi connectivity index (χ3n) is 2.84. The molecule has 0 aliphatic rings. The van der Waals surface area contributed by atoms with E-state index < -0.39 is 0 Å². The minimum Gasteiger partial charge on any atom is -0.354 e. The monoisotopic (exact) mass is 233 g/mol. The fourth-order valence-electron chi connectivity index (χ4n) is 1.95. The normalized spacial score (nSPS) is 12.1. The molecule has 0 aromatic heterocycles. The van der Waals surface area contributed by atoms with Crippen LogP contribution in [0.3, 0.4) is 0 Å². The van der Waals surface area contributed by atoms with Gasteiger partial charge < -0.3 is 5.32 Å². The first kappa shape index (κ1) is 13.8. The number of rotatable bonds is 7. The van der Waals surface area contributed by atoms with E-state index in [0.29, 0.717) is 12.5 Å². The average Bonchev–Trinajstić information content (AvgIpc) is 2.30. The van der Waals surface area contributed by atoms with Crippen LogP contribution in [0.1, 0.15) is 45.1 Å². The number of hydrogen-bond donors (Lipinski definition) is 1. The van der Waals surface area contributed by atoms with Gasteiger partial charge in [0.05, 0.1) is 0 Å². The van der Waals surface area contributed by atoms with Crippen molar-refractivity contribution in [3.05, 3.63) is 35.9 Å². The molecule has 94 valence electrons. The molecule has 2 heteroatoms. The Morgan fingerprint density at radius 2 is 2.00 bits per heavy atom. The lowest BCUT2D eigenvalue weighted by atomic mass is 10.1. The lowest BCUT2D eigenvalue weighted by Crippen LogP contribution is -2.32. The van der Waals surface area contributed by atoms with Crippen molar-refractivity contribution < 1.29 is 4.79 Å². The van der Waals surface area contributed by atoms with E-state index in [4.69, 9.17) is 0 Å². The third-order valence-corrected chi connectivity index (χ3v) is 2.84. The van der Waals surface area contributed by atoms with Crippen molar-refractivity contribution in [1.29, 1.82) is 0 Å². The van der Waals surface area contributed by atoms with Gasteiger partial charge >= 0.3 is 0 Å². The summed E-state index contributed by atoms with van der Waals surface area (Å²) in [6.45, 7) is 4.21. The average molecular weight is 233 g/mol. The van der Waals surface area contributed by atoms with Crippen LogP contribution < -0.4 is 5.32 Å². The quantitative estimate of drug-likeness (QED) is 0.769. The van der Waals surface area contributed by atoms with Gasteiger partial charge in [0.2, 0.25) is 5.91 Å². The highest BCUT2D eigenvalue weighted by atomic mass is 16.1. The zero-order valence-electron chi connectivity index (χ0n) is 10.9. The minimum atomic E-state index is 0.182. The second-order valence-corrected chi connectivity index (χ2v) is 4.60. The van der Waals surface area contributed by atoms with E-state index in [1.165, 1.54) is 5.56 Å². The summed E-state index contributed by atoms with van der Waals surface area (Å²) in [4.78, 5) is 11.6. The maximum atomic E-state index is 11.6. The summed E-state index contributed by atoms with van der Waals surface area (Å²) in [5.41, 5.74) is 1.31. The topological polar surface area (TPSA) is 29.1 Å². The van der Waals surface area contributed by atoms with Crippen LogP contribution in [0.15, 0.2) is 30.3 Å². The Balaban J connectivity index is 2.16. The molecule has 1 rings (SSSR count). The van der Waals surface area contributed by atoms with Crippen LogP contribution in [0.25, 0.3) is 0 Å². The summed E-state index contributed by atoms with van der Waals surface area (Å²) in [5.74, 6) is 0.182. The highest BCUT2D eigenvalue weighted by Crippen LogP contribution is 2.05. The number of hydrogen-bond acceptors (Lipinski definition) is 1. The van der Waals surface area contributed by atoms with Crippen LogP contribution in [0, 0.1) is 0 Å². The predicted molar refractivity (Wildman–Crippen MR) is 71.9 cm³/mol. The van der Waals surface area contributed by atoms with E-state index in [1.807, 2.05) is 18.2 Å². The van der Waals surface area contributed by atoms with Crippen molar-refractivity contribution in [1.82, 2.24) is 5.32 Å². The van der Waals surface area contributed by atoms with Crippen molar-refractivity contribution in [2.75, 3.05) is 0 Å². The van der Waals surface area contributed by atoms with Crippen molar-refractivity contribution in [3.63, 3.8) is 0 Å². The van der Waals surface area contributed by atoms with Crippen molar-refractivity contribution >= 4 is 5.91 Å². The summed E-state index contributed by atoms with van der Waals surface area (Å²) in [6, 6.07) is 10.6. The van der Waals surface area contributed by atoms with Gasteiger partial charge in [-0.2, -0.15) is 0 Å². The van der Waals surface area contributed by atoms with E-state index >= 15 is 0 Å². The van der Waals surface area contributed by atoms with Crippen LogP contribution in [0.4, 0.5) is 0 Å². The van der Waals surface area contributed by atoms with E-state index in [1.54, 1.807) is 0 Å². The zero-order chi connectivity index (χ0) is 12.5. The van der Waals surface area contributed by atoms with E-state index in [2.05, 4.69) is 31.3 Å². The maximum absolute atomic E-state index is 11.6. The second kappa shape index (κ2) is 7.88. The first-order valence-corrected chi connectivity index (χ1v) is 6.55. The Kier molecular flexibility index (Phi) is 6.38. The van der Waals surface area contributed by atoms with Gasteiger partial charge in [-0.25, -0.2) is 0 Å². The standard InChI is InChI=1S/C15H23NO/c1-3-8-13(2)16-15(17)12-7-11-14-9-5-4-6-10-14/h4-6,9-10,13H,3,7-8,11-12H2,1-2H3,(H,16,17)/t13-/m1/s1.